The van der Waals surface area contributed by atoms with Crippen molar-refractivity contribution in [3.8, 4) is 0 Å². The van der Waals surface area contributed by atoms with E-state index in [2.05, 4.69) is 22.6 Å². The minimum Gasteiger partial charge on any atom is -0.207 e. The first-order chi connectivity index (χ1) is 8.99. The maximum absolute atomic E-state index is 13.7. The topological polar surface area (TPSA) is 0 Å². The Bertz CT molecular complexity index is 581. The molecule has 0 N–H and O–H groups in total. The van der Waals surface area contributed by atoms with E-state index in [1.54, 1.807) is 18.2 Å². The summed E-state index contributed by atoms with van der Waals surface area (Å²) >= 11 is 20.5. The van der Waals surface area contributed by atoms with Gasteiger partial charge < -0.3 is 0 Å². The van der Waals surface area contributed by atoms with Gasteiger partial charge in [0.05, 0.1) is 10.4 Å². The Morgan fingerprint density at radius 2 is 1.84 bits per heavy atom. The normalized spacial score (nSPS) is 12.5. The summed E-state index contributed by atoms with van der Waals surface area (Å²) in [5.41, 5.74) is 1.28. The van der Waals surface area contributed by atoms with Crippen molar-refractivity contribution >= 4 is 57.4 Å². The number of benzene rings is 2. The van der Waals surface area contributed by atoms with Gasteiger partial charge in [-0.2, -0.15) is 0 Å². The SMILES string of the molecule is Fc1cccc(Cl)c1CC(Cl)c1ccc(I)c(Cl)c1. The van der Waals surface area contributed by atoms with Crippen LogP contribution in [0.2, 0.25) is 10.0 Å². The quantitative estimate of drug-likeness (QED) is 0.399. The van der Waals surface area contributed by atoms with Crippen LogP contribution in [0.5, 0.6) is 0 Å². The molecule has 0 amide bonds. The Labute approximate surface area is 140 Å². The molecule has 100 valence electrons. The standard InChI is InChI=1S/C14H9Cl3FI/c15-10-2-1-3-13(18)9(10)7-11(16)8-4-5-14(19)12(17)6-8/h1-6,11H,7H2. The minimum atomic E-state index is -0.371. The van der Waals surface area contributed by atoms with E-state index in [0.717, 1.165) is 9.13 Å². The van der Waals surface area contributed by atoms with E-state index in [-0.39, 0.29) is 11.2 Å². The molecule has 2 aromatic rings. The van der Waals surface area contributed by atoms with E-state index < -0.39 is 0 Å². The van der Waals surface area contributed by atoms with Gasteiger partial charge in [-0.25, -0.2) is 4.39 Å². The zero-order chi connectivity index (χ0) is 14.0. The molecule has 5 heteroatoms. The van der Waals surface area contributed by atoms with Gasteiger partial charge in [-0.3, -0.25) is 0 Å². The lowest BCUT2D eigenvalue weighted by atomic mass is 10.0. The van der Waals surface area contributed by atoms with Crippen molar-refractivity contribution in [3.63, 3.8) is 0 Å². The van der Waals surface area contributed by atoms with Crippen molar-refractivity contribution in [3.05, 3.63) is 67.0 Å². The van der Waals surface area contributed by atoms with E-state index in [0.29, 0.717) is 22.0 Å². The molecule has 0 aliphatic heterocycles. The first-order valence-electron chi connectivity index (χ1n) is 5.51. The molecule has 0 heterocycles. The van der Waals surface area contributed by atoms with Crippen molar-refractivity contribution in [2.24, 2.45) is 0 Å². The van der Waals surface area contributed by atoms with Gasteiger partial charge >= 0.3 is 0 Å². The number of halogens is 5. The number of hydrogen-bond donors (Lipinski definition) is 0. The monoisotopic (exact) mass is 428 g/mol. The van der Waals surface area contributed by atoms with Crippen LogP contribution in [0, 0.1) is 9.39 Å². The number of rotatable bonds is 3. The van der Waals surface area contributed by atoms with E-state index >= 15 is 0 Å². The van der Waals surface area contributed by atoms with Crippen molar-refractivity contribution in [1.29, 1.82) is 0 Å². The molecule has 0 bridgehead atoms. The average Bonchev–Trinajstić information content (AvgIpc) is 2.37. The van der Waals surface area contributed by atoms with Gasteiger partial charge in [0.1, 0.15) is 5.82 Å². The van der Waals surface area contributed by atoms with Gasteiger partial charge in [0.25, 0.3) is 0 Å². The van der Waals surface area contributed by atoms with Gasteiger partial charge in [-0.15, -0.1) is 11.6 Å². The third kappa shape index (κ3) is 3.75. The molecule has 2 aromatic carbocycles. The highest BCUT2D eigenvalue weighted by Gasteiger charge is 2.15. The molecule has 0 spiro atoms. The van der Waals surface area contributed by atoms with Crippen LogP contribution in [0.1, 0.15) is 16.5 Å². The molecule has 1 unspecified atom stereocenters. The molecule has 0 aliphatic carbocycles. The number of alkyl halides is 1. The summed E-state index contributed by atoms with van der Waals surface area (Å²) in [6.45, 7) is 0. The fourth-order valence-electron chi connectivity index (χ4n) is 1.73. The molecule has 0 aromatic heterocycles. The molecule has 0 saturated carbocycles. The maximum Gasteiger partial charge on any atom is 0.127 e. The Balaban J connectivity index is 2.25. The van der Waals surface area contributed by atoms with E-state index in [4.69, 9.17) is 34.8 Å². The van der Waals surface area contributed by atoms with Gasteiger partial charge in [0.2, 0.25) is 0 Å². The Morgan fingerprint density at radius 3 is 2.47 bits per heavy atom. The molecular formula is C14H9Cl3FI. The Hall–Kier alpha value is -0.0300. The summed E-state index contributed by atoms with van der Waals surface area (Å²) in [5, 5.41) is 0.662. The predicted octanol–water partition coefficient (Wildman–Crippen LogP) is 6.26. The zero-order valence-corrected chi connectivity index (χ0v) is 14.1. The molecule has 0 saturated heterocycles. The minimum absolute atomic E-state index is 0.323. The highest BCUT2D eigenvalue weighted by atomic mass is 127. The largest absolute Gasteiger partial charge is 0.207 e. The van der Waals surface area contributed by atoms with Crippen LogP contribution in [-0.4, -0.2) is 0 Å². The van der Waals surface area contributed by atoms with Crippen LogP contribution in [-0.2, 0) is 6.42 Å². The number of hydrogen-bond acceptors (Lipinski definition) is 0. The maximum atomic E-state index is 13.7. The predicted molar refractivity (Wildman–Crippen MR) is 87.9 cm³/mol. The third-order valence-electron chi connectivity index (χ3n) is 2.75. The summed E-state index contributed by atoms with van der Waals surface area (Å²) < 4.78 is 14.7. The van der Waals surface area contributed by atoms with E-state index in [1.165, 1.54) is 6.07 Å². The summed E-state index contributed by atoms with van der Waals surface area (Å²) in [4.78, 5) is 0. The molecule has 0 fully saturated rings. The van der Waals surface area contributed by atoms with Gasteiger partial charge in [-0.1, -0.05) is 35.3 Å². The van der Waals surface area contributed by atoms with Crippen LogP contribution < -0.4 is 0 Å². The highest BCUT2D eigenvalue weighted by Crippen LogP contribution is 2.32. The third-order valence-corrected chi connectivity index (χ3v) is 5.08. The van der Waals surface area contributed by atoms with E-state index in [1.807, 2.05) is 12.1 Å². The highest BCUT2D eigenvalue weighted by molar-refractivity contribution is 14.1. The molecule has 0 radical (unpaired) electrons. The lowest BCUT2D eigenvalue weighted by molar-refractivity contribution is 0.607. The summed E-state index contributed by atoms with van der Waals surface area (Å²) in [6.07, 6.45) is 0.323. The first-order valence-corrected chi connectivity index (χ1v) is 7.78. The Kier molecular flexibility index (Phi) is 5.35. The molecule has 0 aliphatic rings. The molecule has 0 nitrogen and oxygen atoms in total. The second kappa shape index (κ2) is 6.61. The van der Waals surface area contributed by atoms with Crippen molar-refractivity contribution in [2.75, 3.05) is 0 Å². The van der Waals surface area contributed by atoms with Crippen LogP contribution in [0.15, 0.2) is 36.4 Å². The van der Waals surface area contributed by atoms with Crippen molar-refractivity contribution in [2.45, 2.75) is 11.8 Å². The summed E-state index contributed by atoms with van der Waals surface area (Å²) in [6, 6.07) is 10.2. The molecular weight excluding hydrogens is 420 g/mol. The van der Waals surface area contributed by atoms with Gasteiger partial charge in [0, 0.05) is 14.2 Å². The average molecular weight is 429 g/mol. The fourth-order valence-corrected chi connectivity index (χ4v) is 2.79. The Morgan fingerprint density at radius 1 is 1.11 bits per heavy atom. The van der Waals surface area contributed by atoms with Crippen LogP contribution in [0.3, 0.4) is 0 Å². The van der Waals surface area contributed by atoms with Crippen LogP contribution >= 0.6 is 57.4 Å². The second-order valence-electron chi connectivity index (χ2n) is 4.05. The second-order valence-corrected chi connectivity index (χ2v) is 6.55. The molecule has 19 heavy (non-hydrogen) atoms. The van der Waals surface area contributed by atoms with Crippen LogP contribution in [0.25, 0.3) is 0 Å². The summed E-state index contributed by atoms with van der Waals surface area (Å²) in [7, 11) is 0. The van der Waals surface area contributed by atoms with Crippen LogP contribution in [0.4, 0.5) is 4.39 Å². The van der Waals surface area contributed by atoms with E-state index in [9.17, 15) is 4.39 Å². The fraction of sp³-hybridized carbons (Fsp3) is 0.143. The van der Waals surface area contributed by atoms with Gasteiger partial charge in [-0.05, 0) is 58.8 Å². The van der Waals surface area contributed by atoms with Crippen molar-refractivity contribution < 1.29 is 4.39 Å². The lowest BCUT2D eigenvalue weighted by Crippen LogP contribution is -2.00. The van der Waals surface area contributed by atoms with Crippen molar-refractivity contribution in [1.82, 2.24) is 0 Å². The molecule has 1 atom stereocenters. The lowest BCUT2D eigenvalue weighted by Gasteiger charge is -2.12. The molecule has 2 rings (SSSR count). The zero-order valence-electron chi connectivity index (χ0n) is 9.64. The van der Waals surface area contributed by atoms with Gasteiger partial charge in [0.15, 0.2) is 0 Å². The summed E-state index contributed by atoms with van der Waals surface area (Å²) in [5.74, 6) is -0.338. The first kappa shape index (κ1) is 15.4. The smallest absolute Gasteiger partial charge is 0.127 e.